The standard InChI is InChI=1S/C15H21NO3S/c1-3-5-13-8-9-16(11-13)20(18,19)15-7-4-6-14(10-15)12(2)17/h4,6-7,10,13H,3,5,8-9,11H2,1-2H3. The number of sulfonamides is 1. The third kappa shape index (κ3) is 3.10. The number of nitrogens with zero attached hydrogens (tertiary/aromatic N) is 1. The lowest BCUT2D eigenvalue weighted by Gasteiger charge is -2.17. The normalized spacial score (nSPS) is 20.2. The van der Waals surface area contributed by atoms with E-state index >= 15 is 0 Å². The molecule has 5 heteroatoms. The third-order valence-corrected chi connectivity index (χ3v) is 5.68. The van der Waals surface area contributed by atoms with Crippen LogP contribution in [0.4, 0.5) is 0 Å². The highest BCUT2D eigenvalue weighted by atomic mass is 32.2. The minimum atomic E-state index is -3.46. The van der Waals surface area contributed by atoms with Crippen molar-refractivity contribution in [1.29, 1.82) is 0 Å². The van der Waals surface area contributed by atoms with E-state index < -0.39 is 10.0 Å². The highest BCUT2D eigenvalue weighted by Crippen LogP contribution is 2.27. The summed E-state index contributed by atoms with van der Waals surface area (Å²) in [6.45, 7) is 4.74. The van der Waals surface area contributed by atoms with Gasteiger partial charge in [0.2, 0.25) is 10.0 Å². The molecule has 20 heavy (non-hydrogen) atoms. The van der Waals surface area contributed by atoms with Gasteiger partial charge in [-0.15, -0.1) is 0 Å². The molecule has 1 heterocycles. The Hall–Kier alpha value is -1.20. The van der Waals surface area contributed by atoms with Crippen LogP contribution in [-0.4, -0.2) is 31.6 Å². The molecule has 0 aliphatic carbocycles. The van der Waals surface area contributed by atoms with Crippen molar-refractivity contribution in [3.63, 3.8) is 0 Å². The second-order valence-corrected chi connectivity index (χ2v) is 7.33. The van der Waals surface area contributed by atoms with E-state index in [0.717, 1.165) is 19.3 Å². The molecule has 4 nitrogen and oxygen atoms in total. The fourth-order valence-electron chi connectivity index (χ4n) is 2.68. The molecule has 0 aromatic heterocycles. The zero-order valence-corrected chi connectivity index (χ0v) is 12.8. The first-order valence-electron chi connectivity index (χ1n) is 7.06. The van der Waals surface area contributed by atoms with Crippen molar-refractivity contribution in [2.24, 2.45) is 5.92 Å². The number of rotatable bonds is 5. The summed E-state index contributed by atoms with van der Waals surface area (Å²) in [4.78, 5) is 11.6. The van der Waals surface area contributed by atoms with Gasteiger partial charge in [-0.2, -0.15) is 4.31 Å². The molecule has 0 saturated carbocycles. The Morgan fingerprint density at radius 1 is 1.40 bits per heavy atom. The molecule has 110 valence electrons. The second kappa shape index (κ2) is 6.06. The summed E-state index contributed by atoms with van der Waals surface area (Å²) >= 11 is 0. The van der Waals surface area contributed by atoms with Gasteiger partial charge in [0.1, 0.15) is 0 Å². The monoisotopic (exact) mass is 295 g/mol. The summed E-state index contributed by atoms with van der Waals surface area (Å²) in [5, 5.41) is 0. The van der Waals surface area contributed by atoms with Crippen LogP contribution in [0.1, 0.15) is 43.5 Å². The van der Waals surface area contributed by atoms with Gasteiger partial charge in [0.05, 0.1) is 4.90 Å². The van der Waals surface area contributed by atoms with Crippen LogP contribution in [-0.2, 0) is 10.0 Å². The van der Waals surface area contributed by atoms with Gasteiger partial charge in [-0.25, -0.2) is 8.42 Å². The maximum absolute atomic E-state index is 12.6. The van der Waals surface area contributed by atoms with Crippen LogP contribution >= 0.6 is 0 Å². The number of ketones is 1. The van der Waals surface area contributed by atoms with Crippen molar-refractivity contribution >= 4 is 15.8 Å². The molecule has 0 bridgehead atoms. The van der Waals surface area contributed by atoms with Crippen molar-refractivity contribution in [3.8, 4) is 0 Å². The Balaban J connectivity index is 2.23. The average molecular weight is 295 g/mol. The number of hydrogen-bond acceptors (Lipinski definition) is 3. The molecular weight excluding hydrogens is 274 g/mol. The summed E-state index contributed by atoms with van der Waals surface area (Å²) in [6, 6.07) is 6.31. The topological polar surface area (TPSA) is 54.5 Å². The molecule has 1 unspecified atom stereocenters. The van der Waals surface area contributed by atoms with E-state index in [4.69, 9.17) is 0 Å². The molecule has 1 aromatic carbocycles. The molecular formula is C15H21NO3S. The van der Waals surface area contributed by atoms with Crippen LogP contribution in [0.25, 0.3) is 0 Å². The smallest absolute Gasteiger partial charge is 0.243 e. The van der Waals surface area contributed by atoms with E-state index in [1.807, 2.05) is 0 Å². The van der Waals surface area contributed by atoms with Crippen LogP contribution in [0.5, 0.6) is 0 Å². The van der Waals surface area contributed by atoms with Crippen LogP contribution in [0, 0.1) is 5.92 Å². The predicted octanol–water partition coefficient (Wildman–Crippen LogP) is 2.70. The van der Waals surface area contributed by atoms with Crippen LogP contribution in [0.15, 0.2) is 29.2 Å². The van der Waals surface area contributed by atoms with Crippen LogP contribution < -0.4 is 0 Å². The van der Waals surface area contributed by atoms with Crippen molar-refractivity contribution < 1.29 is 13.2 Å². The molecule has 1 aromatic rings. The minimum absolute atomic E-state index is 0.118. The van der Waals surface area contributed by atoms with Crippen molar-refractivity contribution in [2.45, 2.75) is 38.0 Å². The SMILES string of the molecule is CCCC1CCN(S(=O)(=O)c2cccc(C(C)=O)c2)C1. The molecule has 1 saturated heterocycles. The summed E-state index contributed by atoms with van der Waals surface area (Å²) in [5.74, 6) is 0.345. The van der Waals surface area contributed by atoms with Gasteiger partial charge in [0.25, 0.3) is 0 Å². The molecule has 0 radical (unpaired) electrons. The van der Waals surface area contributed by atoms with Gasteiger partial charge in [0, 0.05) is 18.7 Å². The molecule has 1 aliphatic heterocycles. The Kier molecular flexibility index (Phi) is 4.60. The molecule has 0 amide bonds. The van der Waals surface area contributed by atoms with Gasteiger partial charge in [-0.3, -0.25) is 4.79 Å². The summed E-state index contributed by atoms with van der Waals surface area (Å²) in [5.41, 5.74) is 0.440. The van der Waals surface area contributed by atoms with Crippen molar-refractivity contribution in [2.75, 3.05) is 13.1 Å². The Bertz CT molecular complexity index is 595. The maximum atomic E-state index is 12.6. The van der Waals surface area contributed by atoms with E-state index in [-0.39, 0.29) is 10.7 Å². The molecule has 1 atom stereocenters. The van der Waals surface area contributed by atoms with E-state index in [2.05, 4.69) is 6.92 Å². The second-order valence-electron chi connectivity index (χ2n) is 5.39. The third-order valence-electron chi connectivity index (χ3n) is 3.82. The first-order chi connectivity index (χ1) is 9.45. The van der Waals surface area contributed by atoms with E-state index in [9.17, 15) is 13.2 Å². The number of carbonyl (C=O) groups is 1. The lowest BCUT2D eigenvalue weighted by atomic mass is 10.0. The lowest BCUT2D eigenvalue weighted by Crippen LogP contribution is -2.29. The zero-order chi connectivity index (χ0) is 14.8. The number of benzene rings is 1. The first-order valence-corrected chi connectivity index (χ1v) is 8.50. The zero-order valence-electron chi connectivity index (χ0n) is 12.0. The highest BCUT2D eigenvalue weighted by Gasteiger charge is 2.32. The summed E-state index contributed by atoms with van der Waals surface area (Å²) < 4.78 is 26.7. The fourth-order valence-corrected chi connectivity index (χ4v) is 4.26. The minimum Gasteiger partial charge on any atom is -0.295 e. The lowest BCUT2D eigenvalue weighted by molar-refractivity contribution is 0.101. The Labute approximate surface area is 120 Å². The van der Waals surface area contributed by atoms with Gasteiger partial charge in [-0.05, 0) is 37.8 Å². The molecule has 1 fully saturated rings. The highest BCUT2D eigenvalue weighted by molar-refractivity contribution is 7.89. The first kappa shape index (κ1) is 15.2. The van der Waals surface area contributed by atoms with E-state index in [1.54, 1.807) is 22.5 Å². The summed E-state index contributed by atoms with van der Waals surface area (Å²) in [6.07, 6.45) is 3.08. The van der Waals surface area contributed by atoms with E-state index in [1.165, 1.54) is 13.0 Å². The van der Waals surface area contributed by atoms with Gasteiger partial charge in [0.15, 0.2) is 5.78 Å². The molecule has 2 rings (SSSR count). The number of hydrogen-bond donors (Lipinski definition) is 0. The predicted molar refractivity (Wildman–Crippen MR) is 78.2 cm³/mol. The quantitative estimate of drug-likeness (QED) is 0.785. The number of carbonyl (C=O) groups excluding carboxylic acids is 1. The van der Waals surface area contributed by atoms with Gasteiger partial charge >= 0.3 is 0 Å². The van der Waals surface area contributed by atoms with Crippen LogP contribution in [0.3, 0.4) is 0 Å². The maximum Gasteiger partial charge on any atom is 0.243 e. The average Bonchev–Trinajstić information content (AvgIpc) is 2.88. The van der Waals surface area contributed by atoms with Gasteiger partial charge < -0.3 is 0 Å². The summed E-state index contributed by atoms with van der Waals surface area (Å²) in [7, 11) is -3.46. The van der Waals surface area contributed by atoms with Crippen LogP contribution in [0.2, 0.25) is 0 Å². The Morgan fingerprint density at radius 3 is 2.80 bits per heavy atom. The Morgan fingerprint density at radius 2 is 2.15 bits per heavy atom. The van der Waals surface area contributed by atoms with Crippen molar-refractivity contribution in [1.82, 2.24) is 4.31 Å². The molecule has 0 N–H and O–H groups in total. The fraction of sp³-hybridized carbons (Fsp3) is 0.533. The van der Waals surface area contributed by atoms with E-state index in [0.29, 0.717) is 24.6 Å². The number of Topliss-reactive ketones (excluding diaryl/α,β-unsaturated/α-hetero) is 1. The largest absolute Gasteiger partial charge is 0.295 e. The van der Waals surface area contributed by atoms with Gasteiger partial charge in [-0.1, -0.05) is 25.5 Å². The molecule has 0 spiro atoms. The molecule has 1 aliphatic rings. The van der Waals surface area contributed by atoms with Crippen molar-refractivity contribution in [3.05, 3.63) is 29.8 Å².